The molecule has 0 spiro atoms. The van der Waals surface area contributed by atoms with Gasteiger partial charge in [0.2, 0.25) is 5.91 Å². The third kappa shape index (κ3) is 7.34. The minimum Gasteiger partial charge on any atom is -0.345 e. The molecule has 17 heavy (non-hydrogen) atoms. The number of hydrogen-bond acceptors (Lipinski definition) is 3. The van der Waals surface area contributed by atoms with Gasteiger partial charge in [-0.05, 0) is 40.5 Å². The first-order valence-corrected chi connectivity index (χ1v) is 6.49. The summed E-state index contributed by atoms with van der Waals surface area (Å²) in [6.07, 6.45) is 1.17. The average molecular weight is 243 g/mol. The summed E-state index contributed by atoms with van der Waals surface area (Å²) in [5, 5.41) is 0. The van der Waals surface area contributed by atoms with Crippen LogP contribution < -0.4 is 0 Å². The molecule has 0 N–H and O–H groups in total. The highest BCUT2D eigenvalue weighted by molar-refractivity contribution is 5.72. The summed E-state index contributed by atoms with van der Waals surface area (Å²) in [7, 11) is 6.13. The van der Waals surface area contributed by atoms with Crippen molar-refractivity contribution in [2.75, 3.05) is 47.3 Å². The lowest BCUT2D eigenvalue weighted by Crippen LogP contribution is -2.38. The topological polar surface area (TPSA) is 26.8 Å². The molecule has 4 nitrogen and oxygen atoms in total. The first-order chi connectivity index (χ1) is 7.88. The Kier molecular flexibility index (Phi) is 8.17. The number of likely N-dealkylation sites (N-methyl/N-ethyl adjacent to an activating group) is 2. The van der Waals surface area contributed by atoms with Crippen molar-refractivity contribution in [3.05, 3.63) is 0 Å². The van der Waals surface area contributed by atoms with Crippen molar-refractivity contribution in [3.8, 4) is 0 Å². The van der Waals surface area contributed by atoms with Crippen LogP contribution in [-0.2, 0) is 4.79 Å². The average Bonchev–Trinajstić information content (AvgIpc) is 2.31. The van der Waals surface area contributed by atoms with Gasteiger partial charge in [-0.1, -0.05) is 6.92 Å². The van der Waals surface area contributed by atoms with Crippen molar-refractivity contribution in [2.24, 2.45) is 0 Å². The Morgan fingerprint density at radius 2 is 1.71 bits per heavy atom. The van der Waals surface area contributed by atoms with Gasteiger partial charge in [-0.25, -0.2) is 0 Å². The molecular weight excluding hydrogens is 214 g/mol. The monoisotopic (exact) mass is 243 g/mol. The highest BCUT2D eigenvalue weighted by Crippen LogP contribution is 2.02. The van der Waals surface area contributed by atoms with Gasteiger partial charge in [0.25, 0.3) is 0 Å². The van der Waals surface area contributed by atoms with Crippen molar-refractivity contribution in [1.29, 1.82) is 0 Å². The fourth-order valence-corrected chi connectivity index (χ4v) is 1.47. The Morgan fingerprint density at radius 3 is 2.18 bits per heavy atom. The molecule has 102 valence electrons. The lowest BCUT2D eigenvalue weighted by Gasteiger charge is -2.28. The second-order valence-electron chi connectivity index (χ2n) is 4.95. The Balaban J connectivity index is 3.81. The van der Waals surface area contributed by atoms with Gasteiger partial charge in [0.15, 0.2) is 0 Å². The Hall–Kier alpha value is -0.610. The third-order valence-electron chi connectivity index (χ3n) is 3.55. The highest BCUT2D eigenvalue weighted by atomic mass is 16.2. The molecule has 0 aromatic heterocycles. The Bertz CT molecular complexity index is 221. The summed E-state index contributed by atoms with van der Waals surface area (Å²) in [5.41, 5.74) is 0. The van der Waals surface area contributed by atoms with Gasteiger partial charge >= 0.3 is 0 Å². The van der Waals surface area contributed by atoms with Crippen LogP contribution in [0.25, 0.3) is 0 Å². The molecule has 1 unspecified atom stereocenters. The van der Waals surface area contributed by atoms with E-state index in [0.717, 1.165) is 26.2 Å². The summed E-state index contributed by atoms with van der Waals surface area (Å²) in [6, 6.07) is 0.560. The summed E-state index contributed by atoms with van der Waals surface area (Å²) >= 11 is 0. The zero-order valence-corrected chi connectivity index (χ0v) is 12.4. The number of nitrogens with zero attached hydrogens (tertiary/aromatic N) is 3. The van der Waals surface area contributed by atoms with Crippen LogP contribution in [0.3, 0.4) is 0 Å². The van der Waals surface area contributed by atoms with Gasteiger partial charge in [-0.2, -0.15) is 0 Å². The van der Waals surface area contributed by atoms with E-state index in [4.69, 9.17) is 0 Å². The van der Waals surface area contributed by atoms with Crippen molar-refractivity contribution >= 4 is 5.91 Å². The summed E-state index contributed by atoms with van der Waals surface area (Å²) in [4.78, 5) is 17.5. The fourth-order valence-electron chi connectivity index (χ4n) is 1.47. The molecule has 0 radical (unpaired) electrons. The largest absolute Gasteiger partial charge is 0.345 e. The Labute approximate surface area is 107 Å². The van der Waals surface area contributed by atoms with Gasteiger partial charge in [-0.3, -0.25) is 4.79 Å². The molecule has 0 aromatic rings. The maximum absolute atomic E-state index is 11.1. The molecule has 0 fully saturated rings. The molecule has 4 heteroatoms. The van der Waals surface area contributed by atoms with E-state index >= 15 is 0 Å². The lowest BCUT2D eigenvalue weighted by molar-refractivity contribution is -0.127. The lowest BCUT2D eigenvalue weighted by atomic mass is 10.2. The van der Waals surface area contributed by atoms with Crippen LogP contribution in [0.2, 0.25) is 0 Å². The summed E-state index contributed by atoms with van der Waals surface area (Å²) in [5.74, 6) is 0.136. The van der Waals surface area contributed by atoms with E-state index in [1.165, 1.54) is 6.42 Å². The van der Waals surface area contributed by atoms with Crippen molar-refractivity contribution < 1.29 is 4.79 Å². The number of rotatable bonds is 8. The summed E-state index contributed by atoms with van der Waals surface area (Å²) < 4.78 is 0. The predicted octanol–water partition coefficient (Wildman–Crippen LogP) is 1.13. The molecular formula is C13H29N3O. The van der Waals surface area contributed by atoms with Gasteiger partial charge in [0.05, 0.1) is 0 Å². The second kappa shape index (κ2) is 8.48. The maximum atomic E-state index is 11.1. The van der Waals surface area contributed by atoms with Crippen LogP contribution in [0.5, 0.6) is 0 Å². The van der Waals surface area contributed by atoms with Gasteiger partial charge in [-0.15, -0.1) is 0 Å². The number of carbonyl (C=O) groups is 1. The van der Waals surface area contributed by atoms with Crippen molar-refractivity contribution in [1.82, 2.24) is 14.7 Å². The van der Waals surface area contributed by atoms with Crippen LogP contribution in [0.1, 0.15) is 27.2 Å². The number of carbonyl (C=O) groups excluding carboxylic acids is 1. The number of amides is 1. The zero-order chi connectivity index (χ0) is 13.4. The normalized spacial score (nSPS) is 13.2. The van der Waals surface area contributed by atoms with Gasteiger partial charge < -0.3 is 14.7 Å². The minimum atomic E-state index is 0.136. The molecule has 0 aromatic carbocycles. The predicted molar refractivity (Wildman–Crippen MR) is 73.2 cm³/mol. The zero-order valence-electron chi connectivity index (χ0n) is 12.4. The van der Waals surface area contributed by atoms with Crippen molar-refractivity contribution in [3.63, 3.8) is 0 Å². The van der Waals surface area contributed by atoms with E-state index in [1.807, 2.05) is 7.05 Å². The smallest absolute Gasteiger partial charge is 0.219 e. The highest BCUT2D eigenvalue weighted by Gasteiger charge is 2.11. The van der Waals surface area contributed by atoms with Crippen LogP contribution in [0, 0.1) is 0 Å². The van der Waals surface area contributed by atoms with E-state index in [-0.39, 0.29) is 5.91 Å². The van der Waals surface area contributed by atoms with E-state index in [9.17, 15) is 4.79 Å². The molecule has 0 saturated carbocycles. The van der Waals surface area contributed by atoms with Crippen molar-refractivity contribution in [2.45, 2.75) is 33.2 Å². The van der Waals surface area contributed by atoms with Gasteiger partial charge in [0.1, 0.15) is 0 Å². The van der Waals surface area contributed by atoms with Crippen LogP contribution in [0.15, 0.2) is 0 Å². The molecule has 1 atom stereocenters. The van der Waals surface area contributed by atoms with Crippen LogP contribution >= 0.6 is 0 Å². The minimum absolute atomic E-state index is 0.136. The molecule has 0 aliphatic heterocycles. The number of hydrogen-bond donors (Lipinski definition) is 0. The van der Waals surface area contributed by atoms with Crippen LogP contribution in [0.4, 0.5) is 0 Å². The van der Waals surface area contributed by atoms with E-state index in [1.54, 1.807) is 11.8 Å². The van der Waals surface area contributed by atoms with Gasteiger partial charge in [0, 0.05) is 33.1 Å². The van der Waals surface area contributed by atoms with E-state index in [2.05, 4.69) is 37.7 Å². The Morgan fingerprint density at radius 1 is 1.12 bits per heavy atom. The van der Waals surface area contributed by atoms with Crippen LogP contribution in [-0.4, -0.2) is 74.0 Å². The molecule has 1 amide bonds. The molecule has 0 saturated heterocycles. The standard InChI is InChI=1S/C13H29N3O/c1-7-14(4)9-8-12(2)15(5)10-11-16(6)13(3)17/h12H,7-11H2,1-6H3. The molecule has 0 rings (SSSR count). The second-order valence-corrected chi connectivity index (χ2v) is 4.95. The molecule has 0 aliphatic carbocycles. The first-order valence-electron chi connectivity index (χ1n) is 6.49. The van der Waals surface area contributed by atoms with E-state index < -0.39 is 0 Å². The molecule has 0 aliphatic rings. The SMILES string of the molecule is CCN(C)CCC(C)N(C)CCN(C)C(C)=O. The molecule has 0 bridgehead atoms. The third-order valence-corrected chi connectivity index (χ3v) is 3.55. The maximum Gasteiger partial charge on any atom is 0.219 e. The van der Waals surface area contributed by atoms with E-state index in [0.29, 0.717) is 6.04 Å². The summed E-state index contributed by atoms with van der Waals surface area (Å²) in [6.45, 7) is 10.0. The molecule has 0 heterocycles. The fraction of sp³-hybridized carbons (Fsp3) is 0.923. The quantitative estimate of drug-likeness (QED) is 0.639. The first kappa shape index (κ1) is 16.4.